The number of aryl methyl sites for hydroxylation is 2. The Balaban J connectivity index is 2.45. The van der Waals surface area contributed by atoms with Gasteiger partial charge < -0.3 is 5.73 Å². The Morgan fingerprint density at radius 2 is 2.00 bits per heavy atom. The number of hydrogen-bond acceptors (Lipinski definition) is 2. The van der Waals surface area contributed by atoms with Gasteiger partial charge in [-0.05, 0) is 42.7 Å². The van der Waals surface area contributed by atoms with E-state index in [1.165, 1.54) is 11.1 Å². The molecule has 82 valence electrons. The van der Waals surface area contributed by atoms with Gasteiger partial charge in [-0.1, -0.05) is 19.1 Å². The van der Waals surface area contributed by atoms with Crippen LogP contribution in [-0.2, 0) is 6.42 Å². The second kappa shape index (κ2) is 4.35. The number of rotatable bonds is 2. The Labute approximate surface area is 96.1 Å². The third-order valence-electron chi connectivity index (χ3n) is 2.77. The van der Waals surface area contributed by atoms with Crippen molar-refractivity contribution in [1.82, 2.24) is 4.98 Å². The fourth-order valence-electron chi connectivity index (χ4n) is 1.71. The van der Waals surface area contributed by atoms with Gasteiger partial charge in [0, 0.05) is 17.4 Å². The molecule has 0 aliphatic rings. The number of hydrogen-bond donors (Lipinski definition) is 1. The first-order valence-corrected chi connectivity index (χ1v) is 5.52. The molecular formula is C14H16N2. The van der Waals surface area contributed by atoms with Crippen LogP contribution in [0.2, 0.25) is 0 Å². The van der Waals surface area contributed by atoms with E-state index in [0.717, 1.165) is 23.4 Å². The number of nitrogens with two attached hydrogens (primary N) is 1. The summed E-state index contributed by atoms with van der Waals surface area (Å²) in [6.07, 6.45) is 2.95. The van der Waals surface area contributed by atoms with E-state index in [1.54, 1.807) is 0 Å². The number of nitrogen functional groups attached to an aromatic ring is 1. The molecule has 2 nitrogen and oxygen atoms in total. The van der Waals surface area contributed by atoms with Crippen LogP contribution < -0.4 is 5.73 Å². The molecule has 0 atom stereocenters. The lowest BCUT2D eigenvalue weighted by Gasteiger charge is -2.06. The van der Waals surface area contributed by atoms with Gasteiger partial charge in [-0.25, -0.2) is 0 Å². The maximum Gasteiger partial charge on any atom is 0.0705 e. The summed E-state index contributed by atoms with van der Waals surface area (Å²) in [4.78, 5) is 4.47. The molecule has 0 bridgehead atoms. The van der Waals surface area contributed by atoms with Gasteiger partial charge in [0.15, 0.2) is 0 Å². The standard InChI is InChI=1S/C14H16N2/c1-3-11-5-7-14(16-9-11)13-8-12(15)6-4-10(13)2/h4-9H,3,15H2,1-2H3. The Morgan fingerprint density at radius 1 is 1.19 bits per heavy atom. The van der Waals surface area contributed by atoms with Crippen molar-refractivity contribution in [1.29, 1.82) is 0 Å². The zero-order valence-corrected chi connectivity index (χ0v) is 9.70. The first-order chi connectivity index (χ1) is 7.70. The third kappa shape index (κ3) is 2.06. The summed E-state index contributed by atoms with van der Waals surface area (Å²) in [7, 11) is 0. The SMILES string of the molecule is CCc1ccc(-c2cc(N)ccc2C)nc1. The van der Waals surface area contributed by atoms with Crippen LogP contribution in [0, 0.1) is 6.92 Å². The highest BCUT2D eigenvalue weighted by atomic mass is 14.7. The Morgan fingerprint density at radius 3 is 2.62 bits per heavy atom. The van der Waals surface area contributed by atoms with Crippen molar-refractivity contribution < 1.29 is 0 Å². The van der Waals surface area contributed by atoms with Crippen LogP contribution in [0.15, 0.2) is 36.5 Å². The maximum absolute atomic E-state index is 5.79. The monoisotopic (exact) mass is 212 g/mol. The highest BCUT2D eigenvalue weighted by Gasteiger charge is 2.03. The smallest absolute Gasteiger partial charge is 0.0705 e. The van der Waals surface area contributed by atoms with Crippen molar-refractivity contribution in [2.45, 2.75) is 20.3 Å². The Kier molecular flexibility index (Phi) is 2.91. The zero-order chi connectivity index (χ0) is 11.5. The average Bonchev–Trinajstić information content (AvgIpc) is 2.32. The lowest BCUT2D eigenvalue weighted by atomic mass is 10.0. The molecule has 1 aromatic carbocycles. The van der Waals surface area contributed by atoms with Gasteiger partial charge in [0.2, 0.25) is 0 Å². The van der Waals surface area contributed by atoms with Crippen molar-refractivity contribution >= 4 is 5.69 Å². The molecule has 0 spiro atoms. The molecule has 0 fully saturated rings. The van der Waals surface area contributed by atoms with Gasteiger partial charge in [0.05, 0.1) is 5.69 Å². The molecule has 16 heavy (non-hydrogen) atoms. The van der Waals surface area contributed by atoms with Crippen LogP contribution in [0.1, 0.15) is 18.1 Å². The lowest BCUT2D eigenvalue weighted by molar-refractivity contribution is 1.10. The van der Waals surface area contributed by atoms with E-state index in [0.29, 0.717) is 0 Å². The summed E-state index contributed by atoms with van der Waals surface area (Å²) in [5.41, 5.74) is 11.1. The summed E-state index contributed by atoms with van der Waals surface area (Å²) in [6.45, 7) is 4.20. The van der Waals surface area contributed by atoms with Crippen molar-refractivity contribution in [2.75, 3.05) is 5.73 Å². The van der Waals surface area contributed by atoms with E-state index in [1.807, 2.05) is 24.4 Å². The molecule has 2 rings (SSSR count). The summed E-state index contributed by atoms with van der Waals surface area (Å²) < 4.78 is 0. The minimum absolute atomic E-state index is 0.780. The highest BCUT2D eigenvalue weighted by Crippen LogP contribution is 2.23. The number of benzene rings is 1. The first kappa shape index (κ1) is 10.7. The van der Waals surface area contributed by atoms with Crippen LogP contribution in [0.3, 0.4) is 0 Å². The van der Waals surface area contributed by atoms with E-state index < -0.39 is 0 Å². The summed E-state index contributed by atoms with van der Waals surface area (Å²) >= 11 is 0. The van der Waals surface area contributed by atoms with E-state index in [-0.39, 0.29) is 0 Å². The van der Waals surface area contributed by atoms with Crippen molar-refractivity contribution in [3.05, 3.63) is 47.7 Å². The van der Waals surface area contributed by atoms with Gasteiger partial charge in [-0.15, -0.1) is 0 Å². The van der Waals surface area contributed by atoms with E-state index in [4.69, 9.17) is 5.73 Å². The molecule has 0 aliphatic carbocycles. The molecule has 2 heteroatoms. The quantitative estimate of drug-likeness (QED) is 0.776. The molecule has 0 amide bonds. The molecule has 1 aromatic heterocycles. The number of aromatic nitrogens is 1. The fraction of sp³-hybridized carbons (Fsp3) is 0.214. The molecule has 0 radical (unpaired) electrons. The highest BCUT2D eigenvalue weighted by molar-refractivity contribution is 5.67. The third-order valence-corrected chi connectivity index (χ3v) is 2.77. The lowest BCUT2D eigenvalue weighted by Crippen LogP contribution is -1.91. The molecule has 2 N–H and O–H groups in total. The topological polar surface area (TPSA) is 38.9 Å². The minimum Gasteiger partial charge on any atom is -0.399 e. The summed E-state index contributed by atoms with van der Waals surface area (Å²) in [6, 6.07) is 10.1. The van der Waals surface area contributed by atoms with Gasteiger partial charge >= 0.3 is 0 Å². The maximum atomic E-state index is 5.79. The van der Waals surface area contributed by atoms with Crippen molar-refractivity contribution in [2.24, 2.45) is 0 Å². The number of pyridine rings is 1. The molecular weight excluding hydrogens is 196 g/mol. The normalized spacial score (nSPS) is 10.4. The Bertz CT molecular complexity index is 487. The Hall–Kier alpha value is -1.83. The van der Waals surface area contributed by atoms with Crippen molar-refractivity contribution in [3.63, 3.8) is 0 Å². The van der Waals surface area contributed by atoms with E-state index in [9.17, 15) is 0 Å². The van der Waals surface area contributed by atoms with Crippen LogP contribution >= 0.6 is 0 Å². The molecule has 0 saturated heterocycles. The second-order valence-electron chi connectivity index (χ2n) is 3.98. The average molecular weight is 212 g/mol. The summed E-state index contributed by atoms with van der Waals surface area (Å²) in [5, 5.41) is 0. The molecule has 1 heterocycles. The molecule has 0 unspecified atom stereocenters. The fourth-order valence-corrected chi connectivity index (χ4v) is 1.71. The number of anilines is 1. The predicted molar refractivity (Wildman–Crippen MR) is 68.2 cm³/mol. The van der Waals surface area contributed by atoms with Gasteiger partial charge in [0.1, 0.15) is 0 Å². The molecule has 0 aliphatic heterocycles. The van der Waals surface area contributed by atoms with Crippen LogP contribution in [-0.4, -0.2) is 4.98 Å². The number of nitrogens with zero attached hydrogens (tertiary/aromatic N) is 1. The van der Waals surface area contributed by atoms with Gasteiger partial charge in [0.25, 0.3) is 0 Å². The van der Waals surface area contributed by atoms with Crippen LogP contribution in [0.5, 0.6) is 0 Å². The van der Waals surface area contributed by atoms with Gasteiger partial charge in [-0.2, -0.15) is 0 Å². The first-order valence-electron chi connectivity index (χ1n) is 5.52. The second-order valence-corrected chi connectivity index (χ2v) is 3.98. The predicted octanol–water partition coefficient (Wildman–Crippen LogP) is 3.20. The molecule has 0 saturated carbocycles. The van der Waals surface area contributed by atoms with Gasteiger partial charge in [-0.3, -0.25) is 4.98 Å². The van der Waals surface area contributed by atoms with Crippen LogP contribution in [0.25, 0.3) is 11.3 Å². The van der Waals surface area contributed by atoms with E-state index in [2.05, 4.69) is 31.0 Å². The summed E-state index contributed by atoms with van der Waals surface area (Å²) in [5.74, 6) is 0. The van der Waals surface area contributed by atoms with E-state index >= 15 is 0 Å². The van der Waals surface area contributed by atoms with Crippen LogP contribution in [0.4, 0.5) is 5.69 Å². The van der Waals surface area contributed by atoms with Crippen molar-refractivity contribution in [3.8, 4) is 11.3 Å². The largest absolute Gasteiger partial charge is 0.399 e. The molecule has 2 aromatic rings. The minimum atomic E-state index is 0.780. The zero-order valence-electron chi connectivity index (χ0n) is 9.70.